The minimum Gasteiger partial charge on any atom is -0.326 e. The van der Waals surface area contributed by atoms with Gasteiger partial charge in [0.25, 0.3) is 0 Å². The number of aryl methyl sites for hydroxylation is 1. The van der Waals surface area contributed by atoms with Gasteiger partial charge in [-0.05, 0) is 30.9 Å². The number of imidazole rings is 1. The van der Waals surface area contributed by atoms with Crippen molar-refractivity contribution < 1.29 is 0 Å². The molecule has 0 radical (unpaired) electrons. The van der Waals surface area contributed by atoms with Gasteiger partial charge in [-0.3, -0.25) is 0 Å². The summed E-state index contributed by atoms with van der Waals surface area (Å²) in [5.74, 6) is 2.14. The van der Waals surface area contributed by atoms with Crippen LogP contribution in [0.2, 0.25) is 0 Å². The first-order valence-electron chi connectivity index (χ1n) is 8.97. The predicted octanol–water partition coefficient (Wildman–Crippen LogP) is 4.29. The van der Waals surface area contributed by atoms with Gasteiger partial charge in [-0.25, -0.2) is 4.98 Å². The maximum absolute atomic E-state index is 6.21. The molecule has 2 N–H and O–H groups in total. The van der Waals surface area contributed by atoms with E-state index >= 15 is 0 Å². The van der Waals surface area contributed by atoms with E-state index in [4.69, 9.17) is 10.7 Å². The summed E-state index contributed by atoms with van der Waals surface area (Å²) in [6.07, 6.45) is 10.5. The van der Waals surface area contributed by atoms with Crippen molar-refractivity contribution >= 4 is 11.0 Å². The van der Waals surface area contributed by atoms with Crippen molar-refractivity contribution in [2.24, 2.45) is 11.7 Å². The van der Waals surface area contributed by atoms with E-state index in [1.54, 1.807) is 0 Å². The van der Waals surface area contributed by atoms with Gasteiger partial charge in [0.1, 0.15) is 5.82 Å². The lowest BCUT2D eigenvalue weighted by Crippen LogP contribution is -2.26. The Balaban J connectivity index is 1.78. The van der Waals surface area contributed by atoms with Gasteiger partial charge in [0.15, 0.2) is 0 Å². The summed E-state index contributed by atoms with van der Waals surface area (Å²) >= 11 is 0. The molecule has 1 aliphatic carbocycles. The Bertz CT molecular complexity index is 596. The minimum absolute atomic E-state index is 0.214. The van der Waals surface area contributed by atoms with E-state index in [1.165, 1.54) is 49.9 Å². The molecule has 3 nitrogen and oxygen atoms in total. The van der Waals surface area contributed by atoms with Gasteiger partial charge in [0.05, 0.1) is 11.0 Å². The maximum Gasteiger partial charge on any atom is 0.109 e. The lowest BCUT2D eigenvalue weighted by molar-refractivity contribution is 0.335. The summed E-state index contributed by atoms with van der Waals surface area (Å²) in [4.78, 5) is 4.89. The molecule has 0 aliphatic heterocycles. The summed E-state index contributed by atoms with van der Waals surface area (Å²) < 4.78 is 2.37. The zero-order chi connectivity index (χ0) is 15.4. The molecule has 1 saturated carbocycles. The quantitative estimate of drug-likeness (QED) is 0.865. The van der Waals surface area contributed by atoms with Crippen LogP contribution in [-0.2, 0) is 13.0 Å². The Hall–Kier alpha value is -1.35. The highest BCUT2D eigenvalue weighted by Gasteiger charge is 2.17. The SMILES string of the molecule is CCC(N)Cn1c(CCC2CCCCC2)nc2ccccc21. The van der Waals surface area contributed by atoms with E-state index in [0.717, 1.165) is 30.8 Å². The van der Waals surface area contributed by atoms with Gasteiger partial charge in [-0.15, -0.1) is 0 Å². The van der Waals surface area contributed by atoms with Crippen LogP contribution < -0.4 is 5.73 Å². The normalized spacial score (nSPS) is 17.9. The first-order chi connectivity index (χ1) is 10.8. The van der Waals surface area contributed by atoms with Gasteiger partial charge in [-0.2, -0.15) is 0 Å². The fourth-order valence-electron chi connectivity index (χ4n) is 3.69. The Kier molecular flexibility index (Phi) is 5.14. The molecule has 1 aromatic heterocycles. The lowest BCUT2D eigenvalue weighted by atomic mass is 9.86. The van der Waals surface area contributed by atoms with Gasteiger partial charge >= 0.3 is 0 Å². The number of nitrogens with two attached hydrogens (primary N) is 1. The van der Waals surface area contributed by atoms with Gasteiger partial charge in [0.2, 0.25) is 0 Å². The molecule has 3 rings (SSSR count). The number of aromatic nitrogens is 2. The standard InChI is InChI=1S/C19H29N3/c1-2-16(20)14-22-18-11-7-6-10-17(18)21-19(22)13-12-15-8-4-3-5-9-15/h6-7,10-11,15-16H,2-5,8-9,12-14,20H2,1H3. The van der Waals surface area contributed by atoms with Crippen LogP contribution in [0.3, 0.4) is 0 Å². The second kappa shape index (κ2) is 7.28. The van der Waals surface area contributed by atoms with Crippen molar-refractivity contribution in [1.82, 2.24) is 9.55 Å². The highest BCUT2D eigenvalue weighted by molar-refractivity contribution is 5.75. The number of hydrogen-bond acceptors (Lipinski definition) is 2. The largest absolute Gasteiger partial charge is 0.326 e. The number of hydrogen-bond donors (Lipinski definition) is 1. The molecule has 1 fully saturated rings. The van der Waals surface area contributed by atoms with E-state index in [-0.39, 0.29) is 6.04 Å². The lowest BCUT2D eigenvalue weighted by Gasteiger charge is -2.21. The number of rotatable bonds is 6. The van der Waals surface area contributed by atoms with Crippen LogP contribution in [0.1, 0.15) is 57.7 Å². The molecule has 1 atom stereocenters. The van der Waals surface area contributed by atoms with Crippen LogP contribution in [0.25, 0.3) is 11.0 Å². The van der Waals surface area contributed by atoms with Gasteiger partial charge in [-0.1, -0.05) is 51.2 Å². The predicted molar refractivity (Wildman–Crippen MR) is 92.9 cm³/mol. The van der Waals surface area contributed by atoms with Gasteiger partial charge in [0, 0.05) is 19.0 Å². The molecule has 0 saturated heterocycles. The number of para-hydroxylation sites is 2. The Labute approximate surface area is 133 Å². The van der Waals surface area contributed by atoms with Crippen LogP contribution >= 0.6 is 0 Å². The highest BCUT2D eigenvalue weighted by Crippen LogP contribution is 2.28. The van der Waals surface area contributed by atoms with Crippen molar-refractivity contribution in [2.45, 2.75) is 70.9 Å². The summed E-state index contributed by atoms with van der Waals surface area (Å²) in [5.41, 5.74) is 8.57. The van der Waals surface area contributed by atoms with Crippen LogP contribution in [0.15, 0.2) is 24.3 Å². The van der Waals surface area contributed by atoms with Gasteiger partial charge < -0.3 is 10.3 Å². The fourth-order valence-corrected chi connectivity index (χ4v) is 3.69. The number of benzene rings is 1. The molecule has 1 aliphatic rings. The molecule has 0 spiro atoms. The van der Waals surface area contributed by atoms with E-state index in [9.17, 15) is 0 Å². The number of nitrogens with zero attached hydrogens (tertiary/aromatic N) is 2. The molecule has 1 unspecified atom stereocenters. The molecule has 120 valence electrons. The fraction of sp³-hybridized carbons (Fsp3) is 0.632. The minimum atomic E-state index is 0.214. The molecular formula is C19H29N3. The topological polar surface area (TPSA) is 43.8 Å². The second-order valence-electron chi connectivity index (χ2n) is 6.84. The van der Waals surface area contributed by atoms with Crippen molar-refractivity contribution in [3.63, 3.8) is 0 Å². The summed E-state index contributed by atoms with van der Waals surface area (Å²) in [5, 5.41) is 0. The van der Waals surface area contributed by atoms with Crippen LogP contribution in [0.5, 0.6) is 0 Å². The Morgan fingerprint density at radius 1 is 1.23 bits per heavy atom. The first kappa shape index (κ1) is 15.5. The summed E-state index contributed by atoms with van der Waals surface area (Å²) in [6.45, 7) is 3.04. The Morgan fingerprint density at radius 2 is 2.00 bits per heavy atom. The third kappa shape index (κ3) is 3.52. The Morgan fingerprint density at radius 3 is 2.77 bits per heavy atom. The highest BCUT2D eigenvalue weighted by atomic mass is 15.1. The molecule has 1 heterocycles. The zero-order valence-electron chi connectivity index (χ0n) is 13.8. The molecular weight excluding hydrogens is 270 g/mol. The maximum atomic E-state index is 6.21. The smallest absolute Gasteiger partial charge is 0.109 e. The zero-order valence-corrected chi connectivity index (χ0v) is 13.8. The average molecular weight is 299 g/mol. The van der Waals surface area contributed by atoms with Crippen LogP contribution in [0.4, 0.5) is 0 Å². The second-order valence-corrected chi connectivity index (χ2v) is 6.84. The van der Waals surface area contributed by atoms with Crippen LogP contribution in [-0.4, -0.2) is 15.6 Å². The molecule has 22 heavy (non-hydrogen) atoms. The van der Waals surface area contributed by atoms with E-state index in [0.29, 0.717) is 0 Å². The molecule has 0 bridgehead atoms. The third-order valence-corrected chi connectivity index (χ3v) is 5.18. The number of fused-ring (bicyclic) bond motifs is 1. The molecule has 2 aromatic rings. The van der Waals surface area contributed by atoms with Crippen LogP contribution in [0, 0.1) is 5.92 Å². The molecule has 1 aromatic carbocycles. The summed E-state index contributed by atoms with van der Waals surface area (Å²) in [7, 11) is 0. The van der Waals surface area contributed by atoms with E-state index < -0.39 is 0 Å². The van der Waals surface area contributed by atoms with Crippen molar-refractivity contribution in [1.29, 1.82) is 0 Å². The van der Waals surface area contributed by atoms with E-state index in [1.807, 2.05) is 0 Å². The molecule has 0 amide bonds. The average Bonchev–Trinajstić information content (AvgIpc) is 2.91. The van der Waals surface area contributed by atoms with Crippen molar-refractivity contribution in [2.75, 3.05) is 0 Å². The van der Waals surface area contributed by atoms with Crippen molar-refractivity contribution in [3.8, 4) is 0 Å². The molecule has 3 heteroatoms. The van der Waals surface area contributed by atoms with Crippen molar-refractivity contribution in [3.05, 3.63) is 30.1 Å². The first-order valence-corrected chi connectivity index (χ1v) is 8.97. The van der Waals surface area contributed by atoms with E-state index in [2.05, 4.69) is 35.8 Å². The third-order valence-electron chi connectivity index (χ3n) is 5.18. The monoisotopic (exact) mass is 299 g/mol. The summed E-state index contributed by atoms with van der Waals surface area (Å²) in [6, 6.07) is 8.68.